The minimum atomic E-state index is -1.50. The molecule has 0 radical (unpaired) electrons. The molecule has 0 spiro atoms. The first-order valence-electron chi connectivity index (χ1n) is 12.6. The SMILES string of the molecule is CCCOC1CCN2CC(c3cc(F)c(F)c(F)c3)ONC2=NC1c1ccc(-n2cnc(C)c2)c(OC)c1. The molecule has 1 saturated heterocycles. The van der Waals surface area contributed by atoms with Gasteiger partial charge in [0.1, 0.15) is 17.9 Å². The van der Waals surface area contributed by atoms with Crippen LogP contribution < -0.4 is 10.2 Å². The molecule has 2 aromatic carbocycles. The molecule has 0 saturated carbocycles. The molecule has 38 heavy (non-hydrogen) atoms. The summed E-state index contributed by atoms with van der Waals surface area (Å²) in [5.41, 5.74) is 5.70. The van der Waals surface area contributed by atoms with E-state index < -0.39 is 23.6 Å². The van der Waals surface area contributed by atoms with E-state index in [0.717, 1.165) is 35.5 Å². The first-order valence-corrected chi connectivity index (χ1v) is 12.6. The van der Waals surface area contributed by atoms with E-state index in [4.69, 9.17) is 19.3 Å². The Morgan fingerprint density at radius 1 is 1.13 bits per heavy atom. The minimum Gasteiger partial charge on any atom is -0.495 e. The number of methoxy groups -OCH3 is 1. The second kappa shape index (κ2) is 11.0. The molecule has 5 rings (SSSR count). The van der Waals surface area contributed by atoms with Crippen molar-refractivity contribution in [1.29, 1.82) is 0 Å². The zero-order valence-electron chi connectivity index (χ0n) is 21.5. The highest BCUT2D eigenvalue weighted by atomic mass is 19.2. The lowest BCUT2D eigenvalue weighted by molar-refractivity contribution is -0.0363. The van der Waals surface area contributed by atoms with E-state index in [-0.39, 0.29) is 24.3 Å². The van der Waals surface area contributed by atoms with Crippen LogP contribution in [0.5, 0.6) is 5.75 Å². The van der Waals surface area contributed by atoms with Gasteiger partial charge in [-0.15, -0.1) is 0 Å². The van der Waals surface area contributed by atoms with Gasteiger partial charge < -0.3 is 18.9 Å². The molecule has 2 aliphatic heterocycles. The Bertz CT molecular complexity index is 1310. The molecule has 3 atom stereocenters. The van der Waals surface area contributed by atoms with Gasteiger partial charge in [-0.25, -0.2) is 28.6 Å². The van der Waals surface area contributed by atoms with Crippen LogP contribution in [-0.4, -0.2) is 53.3 Å². The monoisotopic (exact) mass is 529 g/mol. The molecule has 0 amide bonds. The van der Waals surface area contributed by atoms with Crippen LogP contribution in [0.3, 0.4) is 0 Å². The van der Waals surface area contributed by atoms with Gasteiger partial charge >= 0.3 is 0 Å². The number of imidazole rings is 1. The van der Waals surface area contributed by atoms with Crippen LogP contribution in [0.25, 0.3) is 5.69 Å². The Balaban J connectivity index is 1.44. The number of ether oxygens (including phenoxy) is 2. The highest BCUT2D eigenvalue weighted by molar-refractivity contribution is 5.80. The predicted octanol–water partition coefficient (Wildman–Crippen LogP) is 4.78. The molecule has 202 valence electrons. The van der Waals surface area contributed by atoms with E-state index in [0.29, 0.717) is 31.3 Å². The van der Waals surface area contributed by atoms with Gasteiger partial charge in [-0.2, -0.15) is 0 Å². The lowest BCUT2D eigenvalue weighted by atomic mass is 9.98. The summed E-state index contributed by atoms with van der Waals surface area (Å²) in [6, 6.07) is 7.46. The number of hydroxylamine groups is 1. The fourth-order valence-electron chi connectivity index (χ4n) is 4.79. The largest absolute Gasteiger partial charge is 0.495 e. The number of rotatable bonds is 7. The summed E-state index contributed by atoms with van der Waals surface area (Å²) in [4.78, 5) is 16.9. The number of halogens is 3. The standard InChI is InChI=1S/C27H30F3N5O3/c1-4-9-37-22-7-8-34-14-24(18-10-19(28)25(30)20(29)11-18)38-33-27(34)32-26(22)17-5-6-21(23(12-17)36-3)35-13-16(2)31-15-35/h5-6,10-13,15,22,24,26H,4,7-9,14H2,1-3H3,(H,32,33). The fourth-order valence-corrected chi connectivity index (χ4v) is 4.79. The van der Waals surface area contributed by atoms with E-state index in [2.05, 4.69) is 10.5 Å². The van der Waals surface area contributed by atoms with Gasteiger partial charge in [0.25, 0.3) is 0 Å². The smallest absolute Gasteiger partial charge is 0.219 e. The number of fused-ring (bicyclic) bond motifs is 1. The Hall–Kier alpha value is -3.57. The summed E-state index contributed by atoms with van der Waals surface area (Å²) < 4.78 is 55.0. The molecule has 1 N–H and O–H groups in total. The number of aliphatic imine (C=N–C) groups is 1. The Kier molecular flexibility index (Phi) is 7.57. The van der Waals surface area contributed by atoms with E-state index >= 15 is 0 Å². The van der Waals surface area contributed by atoms with Crippen LogP contribution in [-0.2, 0) is 9.57 Å². The fraction of sp³-hybridized carbons (Fsp3) is 0.407. The molecule has 3 aromatic rings. The Morgan fingerprint density at radius 2 is 1.92 bits per heavy atom. The topological polar surface area (TPSA) is 73.1 Å². The number of nitrogens with zero attached hydrogens (tertiary/aromatic N) is 4. The molecular formula is C27H30F3N5O3. The first kappa shape index (κ1) is 26.1. The summed E-state index contributed by atoms with van der Waals surface area (Å²) >= 11 is 0. The van der Waals surface area contributed by atoms with E-state index in [1.165, 1.54) is 0 Å². The summed E-state index contributed by atoms with van der Waals surface area (Å²) in [5, 5.41) is 0. The lowest BCUT2D eigenvalue weighted by Gasteiger charge is -2.35. The molecular weight excluding hydrogens is 499 g/mol. The van der Waals surface area contributed by atoms with Crippen molar-refractivity contribution in [1.82, 2.24) is 19.9 Å². The van der Waals surface area contributed by atoms with Crippen molar-refractivity contribution >= 4 is 5.96 Å². The zero-order chi connectivity index (χ0) is 26.8. The Labute approximate surface area is 219 Å². The van der Waals surface area contributed by atoms with Crippen molar-refractivity contribution in [3.63, 3.8) is 0 Å². The van der Waals surface area contributed by atoms with Crippen molar-refractivity contribution in [3.05, 3.63) is 77.1 Å². The summed E-state index contributed by atoms with van der Waals surface area (Å²) in [5.74, 6) is -2.85. The summed E-state index contributed by atoms with van der Waals surface area (Å²) in [6.45, 7) is 5.41. The number of aromatic nitrogens is 2. The normalized spacial score (nSPS) is 21.4. The van der Waals surface area contributed by atoms with E-state index in [1.54, 1.807) is 13.4 Å². The number of hydrogen-bond donors (Lipinski definition) is 1. The highest BCUT2D eigenvalue weighted by Gasteiger charge is 2.35. The van der Waals surface area contributed by atoms with Crippen LogP contribution in [0.2, 0.25) is 0 Å². The molecule has 1 fully saturated rings. The molecule has 0 aliphatic carbocycles. The molecule has 8 nitrogen and oxygen atoms in total. The highest BCUT2D eigenvalue weighted by Crippen LogP contribution is 2.35. The van der Waals surface area contributed by atoms with E-state index in [9.17, 15) is 13.2 Å². The van der Waals surface area contributed by atoms with Gasteiger partial charge in [-0.3, -0.25) is 4.84 Å². The minimum absolute atomic E-state index is 0.197. The van der Waals surface area contributed by atoms with Gasteiger partial charge in [-0.05, 0) is 55.2 Å². The number of nitrogens with one attached hydrogen (secondary N) is 1. The maximum absolute atomic E-state index is 13.8. The summed E-state index contributed by atoms with van der Waals surface area (Å²) in [6.07, 6.45) is 4.23. The Morgan fingerprint density at radius 3 is 2.61 bits per heavy atom. The van der Waals surface area contributed by atoms with Gasteiger partial charge in [0.15, 0.2) is 17.5 Å². The van der Waals surface area contributed by atoms with Crippen LogP contribution in [0.4, 0.5) is 13.2 Å². The van der Waals surface area contributed by atoms with Gasteiger partial charge in [0, 0.05) is 19.3 Å². The number of hydrogen-bond acceptors (Lipinski definition) is 7. The van der Waals surface area contributed by atoms with Crippen LogP contribution in [0, 0.1) is 24.4 Å². The molecule has 0 bridgehead atoms. The van der Waals surface area contributed by atoms with E-state index in [1.807, 2.05) is 47.7 Å². The maximum atomic E-state index is 13.8. The number of aryl methyl sites for hydroxylation is 1. The second-order valence-corrected chi connectivity index (χ2v) is 9.40. The molecule has 3 unspecified atom stereocenters. The second-order valence-electron chi connectivity index (χ2n) is 9.40. The molecule has 3 heterocycles. The molecule has 1 aromatic heterocycles. The average Bonchev–Trinajstić information content (AvgIpc) is 3.27. The third-order valence-corrected chi connectivity index (χ3v) is 6.72. The van der Waals surface area contributed by atoms with Crippen LogP contribution in [0.1, 0.15) is 48.7 Å². The van der Waals surface area contributed by atoms with Gasteiger partial charge in [-0.1, -0.05) is 13.0 Å². The van der Waals surface area contributed by atoms with Gasteiger partial charge in [0.05, 0.1) is 37.5 Å². The zero-order valence-corrected chi connectivity index (χ0v) is 21.5. The maximum Gasteiger partial charge on any atom is 0.219 e. The molecule has 11 heteroatoms. The third-order valence-electron chi connectivity index (χ3n) is 6.72. The van der Waals surface area contributed by atoms with Crippen molar-refractivity contribution < 1.29 is 27.5 Å². The third kappa shape index (κ3) is 5.21. The quantitative estimate of drug-likeness (QED) is 0.444. The van der Waals surface area contributed by atoms with Crippen molar-refractivity contribution in [2.24, 2.45) is 4.99 Å². The van der Waals surface area contributed by atoms with Crippen LogP contribution in [0.15, 0.2) is 47.8 Å². The van der Waals surface area contributed by atoms with Crippen molar-refractivity contribution in [3.8, 4) is 11.4 Å². The van der Waals surface area contributed by atoms with Crippen molar-refractivity contribution in [2.75, 3.05) is 26.8 Å². The van der Waals surface area contributed by atoms with Gasteiger partial charge in [0.2, 0.25) is 5.96 Å². The van der Waals surface area contributed by atoms with Crippen LogP contribution >= 0.6 is 0 Å². The number of guanidine groups is 1. The summed E-state index contributed by atoms with van der Waals surface area (Å²) in [7, 11) is 1.62. The predicted molar refractivity (Wildman–Crippen MR) is 135 cm³/mol. The average molecular weight is 530 g/mol. The first-order chi connectivity index (χ1) is 18.4. The van der Waals surface area contributed by atoms with Crippen molar-refractivity contribution in [2.45, 2.75) is 44.9 Å². The lowest BCUT2D eigenvalue weighted by Crippen LogP contribution is -2.49. The molecule has 2 aliphatic rings. The number of benzene rings is 2.